The molecular weight excluding hydrogens is 540 g/mol. The van der Waals surface area contributed by atoms with E-state index in [2.05, 4.69) is 111 Å². The fraction of sp³-hybridized carbons (Fsp3) is 0.200. The van der Waals surface area contributed by atoms with Crippen LogP contribution in [0.4, 0.5) is 0 Å². The van der Waals surface area contributed by atoms with Gasteiger partial charge in [0.05, 0.1) is 0 Å². The molecule has 2 atom stereocenters. The van der Waals surface area contributed by atoms with Gasteiger partial charge in [-0.25, -0.2) is 0 Å². The summed E-state index contributed by atoms with van der Waals surface area (Å²) in [6, 6.07) is 41.6. The van der Waals surface area contributed by atoms with E-state index >= 15 is 0 Å². The highest BCUT2D eigenvalue weighted by Crippen LogP contribution is 2.48. The van der Waals surface area contributed by atoms with Crippen LogP contribution in [0, 0.1) is 0 Å². The molecule has 0 heterocycles. The van der Waals surface area contributed by atoms with Crippen LogP contribution >= 0.6 is 0 Å². The molecule has 0 aliphatic carbocycles. The lowest BCUT2D eigenvalue weighted by molar-refractivity contribution is 0.249. The molecular formula is C40H40N2O2. The number of fused-ring (bicyclic) bond motifs is 2. The molecule has 222 valence electrons. The van der Waals surface area contributed by atoms with Crippen LogP contribution < -0.4 is 0 Å². The molecule has 0 spiro atoms. The Balaban J connectivity index is 1.48. The number of hydrogen-bond acceptors (Lipinski definition) is 4. The molecule has 0 saturated carbocycles. The van der Waals surface area contributed by atoms with Crippen LogP contribution in [0.2, 0.25) is 0 Å². The molecule has 0 aliphatic rings. The van der Waals surface area contributed by atoms with E-state index < -0.39 is 0 Å². The standard InChI is InChI=1S/C40H40N2O2/c1-27(29-15-7-5-8-16-29)41(3)25-33-23-31-19-11-13-21-35(31)37(39(33)43)38-36-22-14-12-20-32(36)24-34(40(38)44)26-42(4)28(2)30-17-9-6-10-18-30/h5-24,27-28,43-44H,25-26H2,1-4H3/t27-,28+. The van der Waals surface area contributed by atoms with Gasteiger partial charge in [-0.05, 0) is 72.7 Å². The maximum atomic E-state index is 12.1. The Morgan fingerprint density at radius 1 is 0.500 bits per heavy atom. The Bertz CT molecular complexity index is 1760. The second-order valence-corrected chi connectivity index (χ2v) is 12.0. The van der Waals surface area contributed by atoms with Crippen molar-refractivity contribution in [3.63, 3.8) is 0 Å². The summed E-state index contributed by atoms with van der Waals surface area (Å²) in [5.74, 6) is 0.416. The van der Waals surface area contributed by atoms with Crippen molar-refractivity contribution in [2.24, 2.45) is 0 Å². The minimum atomic E-state index is 0.158. The lowest BCUT2D eigenvalue weighted by atomic mass is 9.88. The van der Waals surface area contributed by atoms with E-state index in [1.165, 1.54) is 11.1 Å². The third-order valence-electron chi connectivity index (χ3n) is 9.18. The van der Waals surface area contributed by atoms with Crippen LogP contribution in [0.15, 0.2) is 121 Å². The molecule has 6 aromatic rings. The third-order valence-corrected chi connectivity index (χ3v) is 9.18. The van der Waals surface area contributed by atoms with Gasteiger partial charge in [-0.15, -0.1) is 0 Å². The zero-order valence-electron chi connectivity index (χ0n) is 25.9. The predicted molar refractivity (Wildman–Crippen MR) is 183 cm³/mol. The molecule has 0 aromatic heterocycles. The van der Waals surface area contributed by atoms with Crippen molar-refractivity contribution in [3.8, 4) is 22.6 Å². The van der Waals surface area contributed by atoms with Crippen LogP contribution in [-0.2, 0) is 13.1 Å². The minimum absolute atomic E-state index is 0.158. The number of benzene rings is 6. The fourth-order valence-corrected chi connectivity index (χ4v) is 6.32. The largest absolute Gasteiger partial charge is 0.507 e. The SMILES string of the molecule is C[C@H](c1ccccc1)N(C)Cc1cc2ccccc2c(-c2c(O)c(CN(C)[C@@H](C)c3ccccc3)cc3ccccc23)c1O. The lowest BCUT2D eigenvalue weighted by Crippen LogP contribution is -2.22. The smallest absolute Gasteiger partial charge is 0.128 e. The molecule has 0 fully saturated rings. The monoisotopic (exact) mass is 580 g/mol. The van der Waals surface area contributed by atoms with Crippen molar-refractivity contribution in [1.29, 1.82) is 0 Å². The summed E-state index contributed by atoms with van der Waals surface area (Å²) >= 11 is 0. The number of phenolic OH excluding ortho intramolecular Hbond substituents is 2. The number of aromatic hydroxyl groups is 2. The molecule has 4 nitrogen and oxygen atoms in total. The molecule has 0 amide bonds. The number of phenols is 2. The Hall–Kier alpha value is -4.64. The summed E-state index contributed by atoms with van der Waals surface area (Å²) in [6.07, 6.45) is 0. The minimum Gasteiger partial charge on any atom is -0.507 e. The zero-order valence-corrected chi connectivity index (χ0v) is 25.9. The van der Waals surface area contributed by atoms with Gasteiger partial charge in [0.1, 0.15) is 11.5 Å². The van der Waals surface area contributed by atoms with Gasteiger partial charge < -0.3 is 10.2 Å². The first-order valence-electron chi connectivity index (χ1n) is 15.3. The molecule has 0 radical (unpaired) electrons. The summed E-state index contributed by atoms with van der Waals surface area (Å²) in [5, 5.41) is 28.1. The molecule has 6 aromatic carbocycles. The van der Waals surface area contributed by atoms with Gasteiger partial charge in [0.15, 0.2) is 0 Å². The first-order chi connectivity index (χ1) is 21.3. The lowest BCUT2D eigenvalue weighted by Gasteiger charge is -2.27. The van der Waals surface area contributed by atoms with Crippen LogP contribution in [-0.4, -0.2) is 34.1 Å². The molecule has 6 rings (SSSR count). The highest BCUT2D eigenvalue weighted by atomic mass is 16.3. The van der Waals surface area contributed by atoms with E-state index in [1.54, 1.807) is 0 Å². The van der Waals surface area contributed by atoms with Gasteiger partial charge in [-0.3, -0.25) is 9.80 Å². The van der Waals surface area contributed by atoms with Crippen molar-refractivity contribution in [2.75, 3.05) is 14.1 Å². The Labute approximate surface area is 260 Å². The van der Waals surface area contributed by atoms with Crippen molar-refractivity contribution < 1.29 is 10.2 Å². The Morgan fingerprint density at radius 2 is 0.841 bits per heavy atom. The van der Waals surface area contributed by atoms with Gasteiger partial charge >= 0.3 is 0 Å². The second kappa shape index (κ2) is 12.5. The van der Waals surface area contributed by atoms with Gasteiger partial charge in [0.2, 0.25) is 0 Å². The molecule has 0 aliphatic heterocycles. The van der Waals surface area contributed by atoms with Crippen LogP contribution in [0.3, 0.4) is 0 Å². The van der Waals surface area contributed by atoms with Gasteiger partial charge in [-0.1, -0.05) is 109 Å². The van der Waals surface area contributed by atoms with Crippen molar-refractivity contribution in [2.45, 2.75) is 39.0 Å². The van der Waals surface area contributed by atoms with E-state index in [0.717, 1.165) is 32.7 Å². The fourth-order valence-electron chi connectivity index (χ4n) is 6.32. The summed E-state index contributed by atoms with van der Waals surface area (Å²) in [4.78, 5) is 4.49. The van der Waals surface area contributed by atoms with Crippen molar-refractivity contribution in [3.05, 3.63) is 144 Å². The van der Waals surface area contributed by atoms with Crippen molar-refractivity contribution >= 4 is 21.5 Å². The normalized spacial score (nSPS) is 13.1. The average Bonchev–Trinajstić information content (AvgIpc) is 3.06. The third kappa shape index (κ3) is 5.67. The van der Waals surface area contributed by atoms with Gasteiger partial charge in [0.25, 0.3) is 0 Å². The molecule has 2 N–H and O–H groups in total. The summed E-state index contributed by atoms with van der Waals surface area (Å²) < 4.78 is 0. The maximum Gasteiger partial charge on any atom is 0.128 e. The van der Waals surface area contributed by atoms with Gasteiger partial charge in [0, 0.05) is 47.4 Å². The Kier molecular flexibility index (Phi) is 8.38. The molecule has 4 heteroatoms. The summed E-state index contributed by atoms with van der Waals surface area (Å²) in [6.45, 7) is 5.47. The first-order valence-corrected chi connectivity index (χ1v) is 15.3. The van der Waals surface area contributed by atoms with Crippen LogP contribution in [0.5, 0.6) is 11.5 Å². The van der Waals surface area contributed by atoms with Crippen molar-refractivity contribution in [1.82, 2.24) is 9.80 Å². The maximum absolute atomic E-state index is 12.1. The highest BCUT2D eigenvalue weighted by Gasteiger charge is 2.24. The number of hydrogen-bond donors (Lipinski definition) is 2. The van der Waals surface area contributed by atoms with E-state index in [9.17, 15) is 10.2 Å². The van der Waals surface area contributed by atoms with Gasteiger partial charge in [-0.2, -0.15) is 0 Å². The molecule has 0 saturated heterocycles. The van der Waals surface area contributed by atoms with E-state index in [4.69, 9.17) is 0 Å². The summed E-state index contributed by atoms with van der Waals surface area (Å²) in [5.41, 5.74) is 5.45. The number of nitrogens with zero attached hydrogens (tertiary/aromatic N) is 2. The quantitative estimate of drug-likeness (QED) is 0.179. The van der Waals surface area contributed by atoms with Crippen LogP contribution in [0.1, 0.15) is 48.2 Å². The molecule has 0 bridgehead atoms. The summed E-state index contributed by atoms with van der Waals surface area (Å²) in [7, 11) is 4.17. The highest BCUT2D eigenvalue weighted by molar-refractivity contribution is 6.10. The van der Waals surface area contributed by atoms with Crippen LogP contribution in [0.25, 0.3) is 32.7 Å². The zero-order chi connectivity index (χ0) is 30.8. The topological polar surface area (TPSA) is 46.9 Å². The predicted octanol–water partition coefficient (Wildman–Crippen LogP) is 9.46. The van der Waals surface area contributed by atoms with E-state index in [1.807, 2.05) is 48.5 Å². The molecule has 44 heavy (non-hydrogen) atoms. The first kappa shape index (κ1) is 29.4. The second-order valence-electron chi connectivity index (χ2n) is 12.0. The van der Waals surface area contributed by atoms with E-state index in [0.29, 0.717) is 24.2 Å². The number of rotatable bonds is 9. The Morgan fingerprint density at radius 3 is 1.23 bits per heavy atom. The molecule has 0 unspecified atom stereocenters. The average molecular weight is 581 g/mol. The van der Waals surface area contributed by atoms with E-state index in [-0.39, 0.29) is 23.6 Å².